The number of benzene rings is 1. The Morgan fingerprint density at radius 3 is 2.87 bits per heavy atom. The molecule has 0 aliphatic rings. The SMILES string of the molecule is CCOc1cnc(-c2ccccc2C)o1. The third kappa shape index (κ3) is 2.01. The Balaban J connectivity index is 2.33. The number of rotatable bonds is 3. The molecule has 0 saturated heterocycles. The fourth-order valence-corrected chi connectivity index (χ4v) is 1.41. The molecule has 2 aromatic rings. The van der Waals surface area contributed by atoms with E-state index in [0.29, 0.717) is 18.4 Å². The van der Waals surface area contributed by atoms with Gasteiger partial charge in [-0.05, 0) is 25.5 Å². The van der Waals surface area contributed by atoms with E-state index in [0.717, 1.165) is 11.1 Å². The highest BCUT2D eigenvalue weighted by Crippen LogP contribution is 2.25. The summed E-state index contributed by atoms with van der Waals surface area (Å²) in [5.41, 5.74) is 2.14. The summed E-state index contributed by atoms with van der Waals surface area (Å²) in [5, 5.41) is 0. The quantitative estimate of drug-likeness (QED) is 0.769. The third-order valence-electron chi connectivity index (χ3n) is 2.15. The van der Waals surface area contributed by atoms with E-state index >= 15 is 0 Å². The summed E-state index contributed by atoms with van der Waals surface area (Å²) >= 11 is 0. The predicted molar refractivity (Wildman–Crippen MR) is 57.8 cm³/mol. The molecule has 0 radical (unpaired) electrons. The predicted octanol–water partition coefficient (Wildman–Crippen LogP) is 3.05. The van der Waals surface area contributed by atoms with Crippen LogP contribution in [0.2, 0.25) is 0 Å². The Bertz CT molecular complexity index is 448. The number of aryl methyl sites for hydroxylation is 1. The van der Waals surface area contributed by atoms with E-state index < -0.39 is 0 Å². The van der Waals surface area contributed by atoms with E-state index in [2.05, 4.69) is 4.98 Å². The van der Waals surface area contributed by atoms with Crippen molar-refractivity contribution in [2.45, 2.75) is 13.8 Å². The summed E-state index contributed by atoms with van der Waals surface area (Å²) in [6, 6.07) is 7.97. The normalized spacial score (nSPS) is 10.3. The molecule has 3 heteroatoms. The molecule has 78 valence electrons. The molecule has 1 heterocycles. The molecule has 0 aliphatic heterocycles. The lowest BCUT2D eigenvalue weighted by Gasteiger charge is -1.99. The number of oxazole rings is 1. The molecule has 0 spiro atoms. The molecule has 0 fully saturated rings. The number of aromatic nitrogens is 1. The van der Waals surface area contributed by atoms with Gasteiger partial charge in [0.25, 0.3) is 0 Å². The zero-order chi connectivity index (χ0) is 10.7. The Kier molecular flexibility index (Phi) is 2.72. The highest BCUT2D eigenvalue weighted by molar-refractivity contribution is 5.58. The topological polar surface area (TPSA) is 35.3 Å². The molecule has 0 saturated carbocycles. The summed E-state index contributed by atoms with van der Waals surface area (Å²) < 4.78 is 10.7. The van der Waals surface area contributed by atoms with Crippen molar-refractivity contribution in [3.63, 3.8) is 0 Å². The van der Waals surface area contributed by atoms with Crippen LogP contribution in [0.1, 0.15) is 12.5 Å². The minimum atomic E-state index is 0.468. The van der Waals surface area contributed by atoms with Gasteiger partial charge in [-0.2, -0.15) is 0 Å². The number of ether oxygens (including phenoxy) is 1. The standard InChI is InChI=1S/C12H13NO2/c1-3-14-11-8-13-12(15-11)10-7-5-4-6-9(10)2/h4-8H,3H2,1-2H3. The van der Waals surface area contributed by atoms with Crippen molar-refractivity contribution in [2.24, 2.45) is 0 Å². The molecule has 0 amide bonds. The van der Waals surface area contributed by atoms with Gasteiger partial charge in [0.1, 0.15) is 6.20 Å². The van der Waals surface area contributed by atoms with Gasteiger partial charge >= 0.3 is 5.95 Å². The van der Waals surface area contributed by atoms with Crippen LogP contribution in [0, 0.1) is 6.92 Å². The zero-order valence-electron chi connectivity index (χ0n) is 8.86. The molecule has 0 unspecified atom stereocenters. The van der Waals surface area contributed by atoms with Crippen molar-refractivity contribution in [1.29, 1.82) is 0 Å². The molecular weight excluding hydrogens is 190 g/mol. The summed E-state index contributed by atoms with van der Waals surface area (Å²) in [7, 11) is 0. The van der Waals surface area contributed by atoms with Crippen LogP contribution in [0.15, 0.2) is 34.9 Å². The van der Waals surface area contributed by atoms with Gasteiger partial charge in [0.15, 0.2) is 0 Å². The van der Waals surface area contributed by atoms with E-state index in [-0.39, 0.29) is 0 Å². The van der Waals surface area contributed by atoms with Crippen LogP contribution in [0.5, 0.6) is 5.95 Å². The maximum atomic E-state index is 5.46. The number of nitrogens with zero attached hydrogens (tertiary/aromatic N) is 1. The number of hydrogen-bond donors (Lipinski definition) is 0. The van der Waals surface area contributed by atoms with Crippen molar-refractivity contribution in [3.05, 3.63) is 36.0 Å². The molecule has 15 heavy (non-hydrogen) atoms. The van der Waals surface area contributed by atoms with Crippen LogP contribution in [0.3, 0.4) is 0 Å². The first kappa shape index (κ1) is 9.77. The lowest BCUT2D eigenvalue weighted by molar-refractivity contribution is 0.260. The zero-order valence-corrected chi connectivity index (χ0v) is 8.86. The minimum absolute atomic E-state index is 0.468. The van der Waals surface area contributed by atoms with Crippen molar-refractivity contribution in [1.82, 2.24) is 4.98 Å². The Hall–Kier alpha value is -1.77. The molecule has 0 N–H and O–H groups in total. The van der Waals surface area contributed by atoms with Crippen molar-refractivity contribution < 1.29 is 9.15 Å². The van der Waals surface area contributed by atoms with Gasteiger partial charge in [0.2, 0.25) is 5.89 Å². The molecule has 1 aromatic heterocycles. The fraction of sp³-hybridized carbons (Fsp3) is 0.250. The van der Waals surface area contributed by atoms with Crippen LogP contribution < -0.4 is 4.74 Å². The molecule has 2 rings (SSSR count). The van der Waals surface area contributed by atoms with Gasteiger partial charge in [-0.25, -0.2) is 4.98 Å². The summed E-state index contributed by atoms with van der Waals surface area (Å²) in [4.78, 5) is 4.17. The second-order valence-corrected chi connectivity index (χ2v) is 3.23. The first-order valence-corrected chi connectivity index (χ1v) is 4.96. The summed E-state index contributed by atoms with van der Waals surface area (Å²) in [6.45, 7) is 4.53. The molecule has 1 aromatic carbocycles. The molecule has 0 atom stereocenters. The van der Waals surface area contributed by atoms with Crippen LogP contribution in [0.25, 0.3) is 11.5 Å². The van der Waals surface area contributed by atoms with Gasteiger partial charge in [-0.3, -0.25) is 0 Å². The van der Waals surface area contributed by atoms with Crippen LogP contribution in [-0.4, -0.2) is 11.6 Å². The van der Waals surface area contributed by atoms with Gasteiger partial charge in [-0.1, -0.05) is 18.2 Å². The van der Waals surface area contributed by atoms with Gasteiger partial charge < -0.3 is 9.15 Å². The van der Waals surface area contributed by atoms with E-state index in [9.17, 15) is 0 Å². The second kappa shape index (κ2) is 4.17. The molecule has 0 aliphatic carbocycles. The van der Waals surface area contributed by atoms with Crippen LogP contribution in [0.4, 0.5) is 0 Å². The fourth-order valence-electron chi connectivity index (χ4n) is 1.41. The van der Waals surface area contributed by atoms with Gasteiger partial charge in [0, 0.05) is 5.56 Å². The van der Waals surface area contributed by atoms with Gasteiger partial charge in [0.05, 0.1) is 6.61 Å². The first-order valence-electron chi connectivity index (χ1n) is 4.96. The highest BCUT2D eigenvalue weighted by Gasteiger charge is 2.08. The largest absolute Gasteiger partial charge is 0.464 e. The lowest BCUT2D eigenvalue weighted by atomic mass is 10.1. The minimum Gasteiger partial charge on any atom is -0.464 e. The average Bonchev–Trinajstić information content (AvgIpc) is 2.68. The maximum absolute atomic E-state index is 5.46. The van der Waals surface area contributed by atoms with E-state index in [1.807, 2.05) is 38.1 Å². The monoisotopic (exact) mass is 203 g/mol. The van der Waals surface area contributed by atoms with E-state index in [4.69, 9.17) is 9.15 Å². The molecule has 3 nitrogen and oxygen atoms in total. The highest BCUT2D eigenvalue weighted by atomic mass is 16.6. The molecular formula is C12H13NO2. The van der Waals surface area contributed by atoms with Crippen molar-refractivity contribution in [3.8, 4) is 17.4 Å². The third-order valence-corrected chi connectivity index (χ3v) is 2.15. The first-order chi connectivity index (χ1) is 7.31. The summed E-state index contributed by atoms with van der Waals surface area (Å²) in [5.74, 6) is 1.08. The van der Waals surface area contributed by atoms with Gasteiger partial charge in [-0.15, -0.1) is 0 Å². The Labute approximate surface area is 88.7 Å². The number of hydrogen-bond acceptors (Lipinski definition) is 3. The van der Waals surface area contributed by atoms with Crippen molar-refractivity contribution >= 4 is 0 Å². The second-order valence-electron chi connectivity index (χ2n) is 3.23. The molecule has 0 bridgehead atoms. The summed E-state index contributed by atoms with van der Waals surface area (Å²) in [6.07, 6.45) is 1.60. The smallest absolute Gasteiger partial charge is 0.305 e. The van der Waals surface area contributed by atoms with Crippen molar-refractivity contribution in [2.75, 3.05) is 6.61 Å². The maximum Gasteiger partial charge on any atom is 0.305 e. The van der Waals surface area contributed by atoms with E-state index in [1.54, 1.807) is 6.20 Å². The lowest BCUT2D eigenvalue weighted by Crippen LogP contribution is -1.88. The van der Waals surface area contributed by atoms with Crippen LogP contribution in [-0.2, 0) is 0 Å². The Morgan fingerprint density at radius 1 is 1.33 bits per heavy atom. The Morgan fingerprint density at radius 2 is 2.13 bits per heavy atom. The average molecular weight is 203 g/mol. The van der Waals surface area contributed by atoms with Crippen LogP contribution >= 0.6 is 0 Å². The van der Waals surface area contributed by atoms with E-state index in [1.165, 1.54) is 0 Å².